The Morgan fingerprint density at radius 1 is 1.50 bits per heavy atom. The standard InChI is InChI=1S/C9H9N3/c1-3-8-5-10-9-7(2)4-11-12(9)6-8/h3-6H,1H2,2H3. The average molecular weight is 159 g/mol. The molecule has 0 atom stereocenters. The largest absolute Gasteiger partial charge is 0.236 e. The van der Waals surface area contributed by atoms with Crippen LogP contribution in [-0.4, -0.2) is 14.6 Å². The number of aromatic nitrogens is 3. The van der Waals surface area contributed by atoms with E-state index >= 15 is 0 Å². The average Bonchev–Trinajstić information content (AvgIpc) is 2.47. The van der Waals surface area contributed by atoms with Crippen LogP contribution in [-0.2, 0) is 0 Å². The first-order valence-corrected chi connectivity index (χ1v) is 3.73. The van der Waals surface area contributed by atoms with E-state index in [2.05, 4.69) is 16.7 Å². The van der Waals surface area contributed by atoms with Crippen molar-refractivity contribution in [1.29, 1.82) is 0 Å². The third kappa shape index (κ3) is 0.906. The van der Waals surface area contributed by atoms with Crippen molar-refractivity contribution in [3.05, 3.63) is 36.3 Å². The minimum absolute atomic E-state index is 0.903. The Balaban J connectivity index is 2.77. The van der Waals surface area contributed by atoms with Crippen LogP contribution in [0, 0.1) is 6.92 Å². The molecule has 0 amide bonds. The SMILES string of the molecule is C=Cc1cnc2c(C)cnn2c1. The van der Waals surface area contributed by atoms with Crippen LogP contribution in [0.1, 0.15) is 11.1 Å². The van der Waals surface area contributed by atoms with Gasteiger partial charge in [0.05, 0.1) is 6.20 Å². The fourth-order valence-corrected chi connectivity index (χ4v) is 1.11. The van der Waals surface area contributed by atoms with Gasteiger partial charge in [-0.2, -0.15) is 5.10 Å². The number of hydrogen-bond acceptors (Lipinski definition) is 2. The van der Waals surface area contributed by atoms with Gasteiger partial charge in [-0.25, -0.2) is 9.50 Å². The molecule has 2 aromatic rings. The fourth-order valence-electron chi connectivity index (χ4n) is 1.11. The monoisotopic (exact) mass is 159 g/mol. The van der Waals surface area contributed by atoms with E-state index in [0.29, 0.717) is 0 Å². The molecule has 12 heavy (non-hydrogen) atoms. The van der Waals surface area contributed by atoms with E-state index in [9.17, 15) is 0 Å². The summed E-state index contributed by atoms with van der Waals surface area (Å²) in [5.74, 6) is 0. The van der Waals surface area contributed by atoms with Crippen molar-refractivity contribution >= 4 is 11.7 Å². The summed E-state index contributed by atoms with van der Waals surface area (Å²) in [6.45, 7) is 5.65. The summed E-state index contributed by atoms with van der Waals surface area (Å²) in [7, 11) is 0. The van der Waals surface area contributed by atoms with Crippen LogP contribution in [0.5, 0.6) is 0 Å². The maximum atomic E-state index is 4.24. The molecule has 3 nitrogen and oxygen atoms in total. The zero-order valence-electron chi connectivity index (χ0n) is 6.86. The van der Waals surface area contributed by atoms with Crippen LogP contribution in [0.4, 0.5) is 0 Å². The Morgan fingerprint density at radius 2 is 2.33 bits per heavy atom. The van der Waals surface area contributed by atoms with Crippen LogP contribution in [0.25, 0.3) is 11.7 Å². The maximum Gasteiger partial charge on any atom is 0.157 e. The van der Waals surface area contributed by atoms with E-state index in [-0.39, 0.29) is 0 Å². The lowest BCUT2D eigenvalue weighted by Gasteiger charge is -1.94. The van der Waals surface area contributed by atoms with Crippen molar-refractivity contribution in [1.82, 2.24) is 14.6 Å². The molecule has 0 bridgehead atoms. The molecule has 0 spiro atoms. The molecule has 2 heterocycles. The van der Waals surface area contributed by atoms with Crippen molar-refractivity contribution in [2.24, 2.45) is 0 Å². The highest BCUT2D eigenvalue weighted by Crippen LogP contribution is 2.07. The normalized spacial score (nSPS) is 10.4. The lowest BCUT2D eigenvalue weighted by atomic mass is 10.3. The van der Waals surface area contributed by atoms with Crippen molar-refractivity contribution in [2.75, 3.05) is 0 Å². The highest BCUT2D eigenvalue weighted by atomic mass is 15.2. The second-order valence-electron chi connectivity index (χ2n) is 2.69. The van der Waals surface area contributed by atoms with Gasteiger partial charge in [-0.3, -0.25) is 0 Å². The summed E-state index contributed by atoms with van der Waals surface area (Å²) in [5.41, 5.74) is 2.97. The summed E-state index contributed by atoms with van der Waals surface area (Å²) < 4.78 is 1.76. The molecular formula is C9H9N3. The summed E-state index contributed by atoms with van der Waals surface area (Å²) in [5, 5.41) is 4.13. The summed E-state index contributed by atoms with van der Waals surface area (Å²) in [6, 6.07) is 0. The van der Waals surface area contributed by atoms with Crippen LogP contribution >= 0.6 is 0 Å². The van der Waals surface area contributed by atoms with Crippen molar-refractivity contribution in [3.63, 3.8) is 0 Å². The Hall–Kier alpha value is -1.64. The predicted molar refractivity (Wildman–Crippen MR) is 47.8 cm³/mol. The number of fused-ring (bicyclic) bond motifs is 1. The smallest absolute Gasteiger partial charge is 0.157 e. The van der Waals surface area contributed by atoms with Gasteiger partial charge in [0.1, 0.15) is 0 Å². The highest BCUT2D eigenvalue weighted by Gasteiger charge is 1.99. The zero-order valence-corrected chi connectivity index (χ0v) is 6.86. The molecule has 0 radical (unpaired) electrons. The molecule has 0 aliphatic rings. The summed E-state index contributed by atoms with van der Waals surface area (Å²) >= 11 is 0. The summed E-state index contributed by atoms with van der Waals surface area (Å²) in [4.78, 5) is 4.24. The van der Waals surface area contributed by atoms with E-state index < -0.39 is 0 Å². The molecule has 2 aromatic heterocycles. The van der Waals surface area contributed by atoms with Crippen LogP contribution < -0.4 is 0 Å². The van der Waals surface area contributed by atoms with Gasteiger partial charge in [-0.1, -0.05) is 12.7 Å². The van der Waals surface area contributed by atoms with Crippen molar-refractivity contribution in [2.45, 2.75) is 6.92 Å². The van der Waals surface area contributed by atoms with E-state index in [1.165, 1.54) is 0 Å². The molecule has 2 rings (SSSR count). The van der Waals surface area contributed by atoms with E-state index in [0.717, 1.165) is 16.8 Å². The zero-order chi connectivity index (χ0) is 8.55. The Kier molecular flexibility index (Phi) is 1.43. The second-order valence-corrected chi connectivity index (χ2v) is 2.69. The molecular weight excluding hydrogens is 150 g/mol. The third-order valence-electron chi connectivity index (χ3n) is 1.79. The van der Waals surface area contributed by atoms with Crippen LogP contribution in [0.3, 0.4) is 0 Å². The molecule has 0 fully saturated rings. The van der Waals surface area contributed by atoms with Gasteiger partial charge in [0, 0.05) is 23.5 Å². The lowest BCUT2D eigenvalue weighted by molar-refractivity contribution is 0.936. The van der Waals surface area contributed by atoms with E-state index in [1.54, 1.807) is 23.0 Å². The minimum Gasteiger partial charge on any atom is -0.236 e. The van der Waals surface area contributed by atoms with Gasteiger partial charge in [0.25, 0.3) is 0 Å². The topological polar surface area (TPSA) is 30.2 Å². The number of rotatable bonds is 1. The number of aryl methyl sites for hydroxylation is 1. The van der Waals surface area contributed by atoms with Gasteiger partial charge < -0.3 is 0 Å². The molecule has 0 aliphatic carbocycles. The number of nitrogens with zero attached hydrogens (tertiary/aromatic N) is 3. The van der Waals surface area contributed by atoms with Gasteiger partial charge in [0.15, 0.2) is 5.65 Å². The maximum absolute atomic E-state index is 4.24. The fraction of sp³-hybridized carbons (Fsp3) is 0.111. The number of hydrogen-bond donors (Lipinski definition) is 0. The molecule has 60 valence electrons. The first-order valence-electron chi connectivity index (χ1n) is 3.73. The minimum atomic E-state index is 0.903. The molecule has 0 aliphatic heterocycles. The second kappa shape index (κ2) is 2.44. The molecule has 0 saturated heterocycles. The Labute approximate surface area is 70.4 Å². The molecule has 3 heteroatoms. The Bertz CT molecular complexity index is 428. The molecule has 0 N–H and O–H groups in total. The molecule has 0 saturated carbocycles. The predicted octanol–water partition coefficient (Wildman–Crippen LogP) is 1.68. The van der Waals surface area contributed by atoms with Crippen molar-refractivity contribution in [3.8, 4) is 0 Å². The highest BCUT2D eigenvalue weighted by molar-refractivity contribution is 5.50. The Morgan fingerprint density at radius 3 is 3.08 bits per heavy atom. The first-order chi connectivity index (χ1) is 5.81. The molecule has 0 aromatic carbocycles. The van der Waals surface area contributed by atoms with Gasteiger partial charge in [-0.05, 0) is 6.92 Å². The van der Waals surface area contributed by atoms with Crippen LogP contribution in [0.2, 0.25) is 0 Å². The van der Waals surface area contributed by atoms with Gasteiger partial charge in [0.2, 0.25) is 0 Å². The van der Waals surface area contributed by atoms with Gasteiger partial charge in [-0.15, -0.1) is 0 Å². The molecule has 0 unspecified atom stereocenters. The third-order valence-corrected chi connectivity index (χ3v) is 1.79. The van der Waals surface area contributed by atoms with Gasteiger partial charge >= 0.3 is 0 Å². The van der Waals surface area contributed by atoms with E-state index in [4.69, 9.17) is 0 Å². The quantitative estimate of drug-likeness (QED) is 0.633. The first kappa shape index (κ1) is 7.03. The van der Waals surface area contributed by atoms with E-state index in [1.807, 2.05) is 13.1 Å². The summed E-state index contributed by atoms with van der Waals surface area (Å²) in [6.07, 6.45) is 7.25. The lowest BCUT2D eigenvalue weighted by Crippen LogP contribution is -1.90. The van der Waals surface area contributed by atoms with Crippen LogP contribution in [0.15, 0.2) is 25.2 Å². The van der Waals surface area contributed by atoms with Crippen molar-refractivity contribution < 1.29 is 0 Å².